The molecule has 0 aliphatic rings. The van der Waals surface area contributed by atoms with Crippen LogP contribution in [0.3, 0.4) is 0 Å². The van der Waals surface area contributed by atoms with Gasteiger partial charge < -0.3 is 4.42 Å². The first-order valence-electron chi connectivity index (χ1n) is 5.01. The predicted molar refractivity (Wildman–Crippen MR) is 59.6 cm³/mol. The fraction of sp³-hybridized carbons (Fsp3) is 0.417. The number of aromatic nitrogens is 1. The molecule has 0 bridgehead atoms. The van der Waals surface area contributed by atoms with Crippen molar-refractivity contribution >= 4 is 11.0 Å². The molecule has 0 atom stereocenters. The molecule has 0 fully saturated rings. The van der Waals surface area contributed by atoms with Crippen molar-refractivity contribution in [1.82, 2.24) is 4.98 Å². The quantitative estimate of drug-likeness (QED) is 0.633. The normalized spacial score (nSPS) is 9.79. The van der Waals surface area contributed by atoms with Gasteiger partial charge in [0.1, 0.15) is 11.3 Å². The molecule has 2 nitrogen and oxygen atoms in total. The van der Waals surface area contributed by atoms with E-state index in [2.05, 4.69) is 4.98 Å². The van der Waals surface area contributed by atoms with E-state index in [0.29, 0.717) is 0 Å². The molecule has 0 N–H and O–H groups in total. The van der Waals surface area contributed by atoms with Gasteiger partial charge in [-0.1, -0.05) is 13.8 Å². The van der Waals surface area contributed by atoms with Crippen molar-refractivity contribution in [2.75, 3.05) is 0 Å². The molecule has 0 radical (unpaired) electrons. The molecule has 2 heterocycles. The van der Waals surface area contributed by atoms with Crippen LogP contribution in [0.25, 0.3) is 11.0 Å². The molecule has 0 aliphatic heterocycles. The first-order chi connectivity index (χ1) is 6.66. The second kappa shape index (κ2) is 4.27. The predicted octanol–water partition coefficient (Wildman–Crippen LogP) is 3.78. The minimum atomic E-state index is 0.942. The van der Waals surface area contributed by atoms with E-state index >= 15 is 0 Å². The SMILES string of the molecule is CC.Cc1cc2oc(C)cc2c(C)n1. The molecule has 2 aromatic heterocycles. The van der Waals surface area contributed by atoms with Crippen LogP contribution < -0.4 is 0 Å². The number of hydrogen-bond acceptors (Lipinski definition) is 2. The molecule has 0 aliphatic carbocycles. The monoisotopic (exact) mass is 191 g/mol. The van der Waals surface area contributed by atoms with Gasteiger partial charge in [0.05, 0.1) is 0 Å². The average molecular weight is 191 g/mol. The molecule has 0 saturated heterocycles. The lowest BCUT2D eigenvalue weighted by Crippen LogP contribution is -1.84. The third kappa shape index (κ3) is 1.95. The van der Waals surface area contributed by atoms with Crippen LogP contribution in [0.5, 0.6) is 0 Å². The zero-order chi connectivity index (χ0) is 10.7. The molecule has 0 amide bonds. The van der Waals surface area contributed by atoms with Gasteiger partial charge in [0.25, 0.3) is 0 Å². The van der Waals surface area contributed by atoms with Gasteiger partial charge in [-0.3, -0.25) is 4.98 Å². The van der Waals surface area contributed by atoms with Gasteiger partial charge >= 0.3 is 0 Å². The van der Waals surface area contributed by atoms with Crippen molar-refractivity contribution in [3.05, 3.63) is 29.3 Å². The highest BCUT2D eigenvalue weighted by Crippen LogP contribution is 2.21. The van der Waals surface area contributed by atoms with E-state index in [9.17, 15) is 0 Å². The van der Waals surface area contributed by atoms with Crippen LogP contribution in [0, 0.1) is 20.8 Å². The highest BCUT2D eigenvalue weighted by atomic mass is 16.3. The van der Waals surface area contributed by atoms with Crippen molar-refractivity contribution in [1.29, 1.82) is 0 Å². The number of rotatable bonds is 0. The smallest absolute Gasteiger partial charge is 0.137 e. The van der Waals surface area contributed by atoms with Gasteiger partial charge in [0, 0.05) is 22.8 Å². The minimum absolute atomic E-state index is 0.942. The lowest BCUT2D eigenvalue weighted by Gasteiger charge is -1.95. The van der Waals surface area contributed by atoms with Crippen LogP contribution in [-0.2, 0) is 0 Å². The van der Waals surface area contributed by atoms with E-state index in [4.69, 9.17) is 4.42 Å². The molecule has 2 rings (SSSR count). The van der Waals surface area contributed by atoms with Crippen LogP contribution in [0.15, 0.2) is 16.5 Å². The van der Waals surface area contributed by atoms with Crippen LogP contribution in [0.1, 0.15) is 31.0 Å². The molecule has 76 valence electrons. The van der Waals surface area contributed by atoms with Crippen LogP contribution in [0.2, 0.25) is 0 Å². The lowest BCUT2D eigenvalue weighted by molar-refractivity contribution is 0.578. The Hall–Kier alpha value is -1.31. The second-order valence-electron chi connectivity index (χ2n) is 3.12. The molecule has 0 aromatic carbocycles. The number of fused-ring (bicyclic) bond motifs is 1. The molecule has 0 saturated carbocycles. The number of furan rings is 1. The van der Waals surface area contributed by atoms with Gasteiger partial charge in [-0.05, 0) is 26.8 Å². The van der Waals surface area contributed by atoms with Crippen molar-refractivity contribution in [3.63, 3.8) is 0 Å². The molecule has 0 spiro atoms. The van der Waals surface area contributed by atoms with E-state index < -0.39 is 0 Å². The summed E-state index contributed by atoms with van der Waals surface area (Å²) in [6.45, 7) is 9.93. The molecule has 0 unspecified atom stereocenters. The summed E-state index contributed by atoms with van der Waals surface area (Å²) in [5.74, 6) is 0.945. The molecule has 14 heavy (non-hydrogen) atoms. The zero-order valence-electron chi connectivity index (χ0n) is 9.51. The number of hydrogen-bond donors (Lipinski definition) is 0. The largest absolute Gasteiger partial charge is 0.461 e. The molecule has 2 aromatic rings. The minimum Gasteiger partial charge on any atom is -0.461 e. The van der Waals surface area contributed by atoms with Crippen LogP contribution in [-0.4, -0.2) is 4.98 Å². The standard InChI is InChI=1S/C10H11NO.C2H6/c1-6-4-10-9(8(3)11-6)5-7(2)12-10;1-2/h4-5H,1-3H3;1-2H3. The number of aryl methyl sites for hydroxylation is 3. The van der Waals surface area contributed by atoms with Gasteiger partial charge in [-0.2, -0.15) is 0 Å². The third-order valence-electron chi connectivity index (χ3n) is 1.96. The molecule has 2 heteroatoms. The van der Waals surface area contributed by atoms with E-state index in [0.717, 1.165) is 28.1 Å². The second-order valence-corrected chi connectivity index (χ2v) is 3.12. The summed E-state index contributed by atoms with van der Waals surface area (Å²) >= 11 is 0. The number of nitrogens with zero attached hydrogens (tertiary/aromatic N) is 1. The fourth-order valence-electron chi connectivity index (χ4n) is 1.47. The fourth-order valence-corrected chi connectivity index (χ4v) is 1.47. The lowest BCUT2D eigenvalue weighted by atomic mass is 10.2. The van der Waals surface area contributed by atoms with Gasteiger partial charge in [0.2, 0.25) is 0 Å². The van der Waals surface area contributed by atoms with E-state index in [1.807, 2.05) is 46.8 Å². The highest BCUT2D eigenvalue weighted by molar-refractivity contribution is 5.80. The van der Waals surface area contributed by atoms with E-state index in [1.165, 1.54) is 0 Å². The maximum atomic E-state index is 5.49. The Morgan fingerprint density at radius 2 is 1.71 bits per heavy atom. The Balaban J connectivity index is 0.000000461. The summed E-state index contributed by atoms with van der Waals surface area (Å²) in [6, 6.07) is 3.99. The Kier molecular flexibility index (Phi) is 3.28. The summed E-state index contributed by atoms with van der Waals surface area (Å²) < 4.78 is 5.49. The first kappa shape index (κ1) is 10.8. The third-order valence-corrected chi connectivity index (χ3v) is 1.96. The Bertz CT molecular complexity index is 429. The summed E-state index contributed by atoms with van der Waals surface area (Å²) in [7, 11) is 0. The van der Waals surface area contributed by atoms with Gasteiger partial charge in [0.15, 0.2) is 0 Å². The summed E-state index contributed by atoms with van der Waals surface area (Å²) in [5.41, 5.74) is 2.99. The Labute approximate surface area is 85.0 Å². The Morgan fingerprint density at radius 1 is 1.07 bits per heavy atom. The van der Waals surface area contributed by atoms with Crippen molar-refractivity contribution in [2.45, 2.75) is 34.6 Å². The average Bonchev–Trinajstić information content (AvgIpc) is 2.49. The topological polar surface area (TPSA) is 26.0 Å². The van der Waals surface area contributed by atoms with Crippen molar-refractivity contribution < 1.29 is 4.42 Å². The van der Waals surface area contributed by atoms with Gasteiger partial charge in [-0.15, -0.1) is 0 Å². The summed E-state index contributed by atoms with van der Waals surface area (Å²) in [6.07, 6.45) is 0. The summed E-state index contributed by atoms with van der Waals surface area (Å²) in [5, 5.41) is 1.12. The maximum absolute atomic E-state index is 5.49. The first-order valence-corrected chi connectivity index (χ1v) is 5.01. The Morgan fingerprint density at radius 3 is 2.36 bits per heavy atom. The summed E-state index contributed by atoms with van der Waals surface area (Å²) in [4.78, 5) is 4.36. The molecular formula is C12H17NO. The van der Waals surface area contributed by atoms with Crippen molar-refractivity contribution in [2.24, 2.45) is 0 Å². The van der Waals surface area contributed by atoms with Crippen LogP contribution in [0.4, 0.5) is 0 Å². The van der Waals surface area contributed by atoms with Gasteiger partial charge in [-0.25, -0.2) is 0 Å². The van der Waals surface area contributed by atoms with Crippen molar-refractivity contribution in [3.8, 4) is 0 Å². The van der Waals surface area contributed by atoms with Crippen LogP contribution >= 0.6 is 0 Å². The van der Waals surface area contributed by atoms with E-state index in [1.54, 1.807) is 0 Å². The zero-order valence-corrected chi connectivity index (χ0v) is 9.51. The van der Waals surface area contributed by atoms with E-state index in [-0.39, 0.29) is 0 Å². The maximum Gasteiger partial charge on any atom is 0.137 e. The number of pyridine rings is 1. The molecular weight excluding hydrogens is 174 g/mol. The highest BCUT2D eigenvalue weighted by Gasteiger charge is 2.04.